The van der Waals surface area contributed by atoms with Gasteiger partial charge in [-0.15, -0.1) is 0 Å². The summed E-state index contributed by atoms with van der Waals surface area (Å²) in [5.41, 5.74) is 9.25. The van der Waals surface area contributed by atoms with Gasteiger partial charge in [-0.3, -0.25) is 14.8 Å². The fourth-order valence-electron chi connectivity index (χ4n) is 3.51. The van der Waals surface area contributed by atoms with E-state index in [1.165, 1.54) is 0 Å². The molecular weight excluding hydrogens is 490 g/mol. The molecule has 0 bridgehead atoms. The number of benzene rings is 1. The highest BCUT2D eigenvalue weighted by atomic mass is 35.5. The molecule has 0 radical (unpaired) electrons. The lowest BCUT2D eigenvalue weighted by atomic mass is 10.0. The van der Waals surface area contributed by atoms with Gasteiger partial charge in [-0.1, -0.05) is 47.9 Å². The number of hydroxylamine groups is 1. The first-order valence-electron chi connectivity index (χ1n) is 11.1. The van der Waals surface area contributed by atoms with Crippen LogP contribution in [-0.4, -0.2) is 38.5 Å². The van der Waals surface area contributed by atoms with Crippen molar-refractivity contribution >= 4 is 51.5 Å². The number of nitrogens with zero attached hydrogens (tertiary/aromatic N) is 3. The molecule has 12 heteroatoms. The summed E-state index contributed by atoms with van der Waals surface area (Å²) in [6, 6.07) is 7.25. The maximum Gasteiger partial charge on any atom is 0.261 e. The number of aromatic nitrogens is 3. The first-order chi connectivity index (χ1) is 16.8. The van der Waals surface area contributed by atoms with Crippen LogP contribution in [0, 0.1) is 13.8 Å². The van der Waals surface area contributed by atoms with Crippen LogP contribution in [0.25, 0.3) is 11.3 Å². The Morgan fingerprint density at radius 3 is 2.54 bits per heavy atom. The van der Waals surface area contributed by atoms with E-state index < -0.39 is 5.91 Å². The minimum atomic E-state index is -0.580. The lowest BCUT2D eigenvalue weighted by Crippen LogP contribution is -2.17. The molecule has 0 aliphatic rings. The lowest BCUT2D eigenvalue weighted by molar-refractivity contribution is -0.129. The maximum atomic E-state index is 12.1. The van der Waals surface area contributed by atoms with Crippen molar-refractivity contribution < 1.29 is 14.8 Å². The van der Waals surface area contributed by atoms with Gasteiger partial charge in [-0.25, -0.2) is 20.4 Å². The molecule has 2 amide bonds. The summed E-state index contributed by atoms with van der Waals surface area (Å²) in [6.07, 6.45) is 3.78. The summed E-state index contributed by atoms with van der Waals surface area (Å²) in [5, 5.41) is 15.9. The second kappa shape index (κ2) is 12.4. The zero-order valence-corrected chi connectivity index (χ0v) is 21.1. The van der Waals surface area contributed by atoms with Crippen molar-refractivity contribution in [1.82, 2.24) is 20.4 Å². The molecule has 2 heterocycles. The van der Waals surface area contributed by atoms with Crippen molar-refractivity contribution in [2.24, 2.45) is 5.73 Å². The molecule has 0 unspecified atom stereocenters. The van der Waals surface area contributed by atoms with Crippen molar-refractivity contribution in [3.05, 3.63) is 45.6 Å². The van der Waals surface area contributed by atoms with Crippen LogP contribution in [-0.2, 0) is 4.79 Å². The van der Waals surface area contributed by atoms with Crippen LogP contribution in [0.3, 0.4) is 0 Å². The second-order valence-electron chi connectivity index (χ2n) is 7.93. The van der Waals surface area contributed by atoms with Crippen LogP contribution in [0.15, 0.2) is 24.3 Å². The monoisotopic (exact) mass is 517 g/mol. The molecule has 0 saturated carbocycles. The predicted octanol–water partition coefficient (Wildman–Crippen LogP) is 4.58. The third-order valence-corrected chi connectivity index (χ3v) is 6.44. The molecule has 186 valence electrons. The number of anilines is 3. The summed E-state index contributed by atoms with van der Waals surface area (Å²) in [4.78, 5) is 36.9. The number of carbonyl (C=O) groups excluding carboxylic acids is 2. The highest BCUT2D eigenvalue weighted by Gasteiger charge is 2.21. The van der Waals surface area contributed by atoms with E-state index in [9.17, 15) is 9.59 Å². The average Bonchev–Trinajstić information content (AvgIpc) is 3.21. The number of amides is 2. The smallest absolute Gasteiger partial charge is 0.261 e. The van der Waals surface area contributed by atoms with E-state index in [1.807, 2.05) is 19.1 Å². The number of thiazole rings is 1. The molecule has 0 atom stereocenters. The van der Waals surface area contributed by atoms with E-state index in [0.29, 0.717) is 56.7 Å². The second-order valence-corrected chi connectivity index (χ2v) is 9.34. The highest BCUT2D eigenvalue weighted by molar-refractivity contribution is 7.18. The molecule has 2 aromatic heterocycles. The van der Waals surface area contributed by atoms with E-state index in [0.717, 1.165) is 42.6 Å². The van der Waals surface area contributed by atoms with Crippen LogP contribution >= 0.6 is 22.9 Å². The average molecular weight is 518 g/mol. The number of halogens is 1. The van der Waals surface area contributed by atoms with E-state index in [-0.39, 0.29) is 5.91 Å². The third-order valence-electron chi connectivity index (χ3n) is 5.14. The number of aryl methyl sites for hydroxylation is 2. The van der Waals surface area contributed by atoms with Crippen LogP contribution in [0.2, 0.25) is 5.02 Å². The summed E-state index contributed by atoms with van der Waals surface area (Å²) in [6.45, 7) is 4.40. The molecule has 0 aliphatic heterocycles. The minimum Gasteiger partial charge on any atom is -0.370 e. The van der Waals surface area contributed by atoms with Crippen molar-refractivity contribution in [3.63, 3.8) is 0 Å². The van der Waals surface area contributed by atoms with Crippen LogP contribution in [0.4, 0.5) is 16.8 Å². The van der Waals surface area contributed by atoms with Crippen molar-refractivity contribution in [3.8, 4) is 11.3 Å². The van der Waals surface area contributed by atoms with Crippen molar-refractivity contribution in [1.29, 1.82) is 0 Å². The van der Waals surface area contributed by atoms with E-state index >= 15 is 0 Å². The van der Waals surface area contributed by atoms with Crippen LogP contribution in [0.1, 0.15) is 53.2 Å². The summed E-state index contributed by atoms with van der Waals surface area (Å²) in [7, 11) is 0. The number of unbranched alkanes of at least 4 members (excludes halogenated alkanes) is 3. The van der Waals surface area contributed by atoms with Crippen LogP contribution < -0.4 is 21.8 Å². The SMILES string of the molecule is Cc1nc(NCCCCCCC(=O)NO)cc(Nc2nc(-c3c(C)cccc3Cl)c(C(N)=O)s2)n1. The summed E-state index contributed by atoms with van der Waals surface area (Å²) < 4.78 is 0. The Labute approximate surface area is 212 Å². The number of nitrogens with one attached hydrogen (secondary N) is 3. The van der Waals surface area contributed by atoms with Gasteiger partial charge in [0.25, 0.3) is 5.91 Å². The Balaban J connectivity index is 1.66. The van der Waals surface area contributed by atoms with Gasteiger partial charge >= 0.3 is 0 Å². The number of rotatable bonds is 12. The minimum absolute atomic E-state index is 0.310. The van der Waals surface area contributed by atoms with Gasteiger partial charge in [0.2, 0.25) is 5.91 Å². The number of hydrogen-bond acceptors (Lipinski definition) is 9. The van der Waals surface area contributed by atoms with Gasteiger partial charge in [0.1, 0.15) is 22.3 Å². The number of nitrogens with two attached hydrogens (primary N) is 1. The van der Waals surface area contributed by atoms with Gasteiger partial charge in [-0.05, 0) is 38.3 Å². The normalized spacial score (nSPS) is 10.7. The van der Waals surface area contributed by atoms with Crippen molar-refractivity contribution in [2.45, 2.75) is 46.0 Å². The van der Waals surface area contributed by atoms with Gasteiger partial charge in [-0.2, -0.15) is 0 Å². The molecule has 3 aromatic rings. The van der Waals surface area contributed by atoms with Crippen LogP contribution in [0.5, 0.6) is 0 Å². The summed E-state index contributed by atoms with van der Waals surface area (Å²) in [5.74, 6) is 0.817. The standard InChI is InChI=1S/C23H28ClN7O3S/c1-13-8-7-9-15(24)19(13)20-21(22(25)33)35-23(30-20)29-17-12-16(27-14(2)28-17)26-11-6-4-3-5-10-18(32)31-34/h7-9,12,34H,3-6,10-11H2,1-2H3,(H2,25,33)(H,31,32)(H2,26,27,28,29,30). The van der Waals surface area contributed by atoms with Gasteiger partial charge in [0.15, 0.2) is 5.13 Å². The molecule has 35 heavy (non-hydrogen) atoms. The predicted molar refractivity (Wildman–Crippen MR) is 137 cm³/mol. The fourth-order valence-corrected chi connectivity index (χ4v) is 4.65. The number of primary amides is 1. The van der Waals surface area contributed by atoms with Gasteiger partial charge in [0, 0.05) is 24.6 Å². The van der Waals surface area contributed by atoms with E-state index in [2.05, 4.69) is 25.6 Å². The quantitative estimate of drug-likeness (QED) is 0.133. The summed E-state index contributed by atoms with van der Waals surface area (Å²) >= 11 is 7.53. The molecule has 6 N–H and O–H groups in total. The zero-order valence-electron chi connectivity index (χ0n) is 19.5. The lowest BCUT2D eigenvalue weighted by Gasteiger charge is -2.09. The highest BCUT2D eigenvalue weighted by Crippen LogP contribution is 2.37. The first-order valence-corrected chi connectivity index (χ1v) is 12.3. The topological polar surface area (TPSA) is 155 Å². The Morgan fingerprint density at radius 2 is 1.83 bits per heavy atom. The Morgan fingerprint density at radius 1 is 1.09 bits per heavy atom. The van der Waals surface area contributed by atoms with E-state index in [4.69, 9.17) is 22.5 Å². The van der Waals surface area contributed by atoms with Gasteiger partial charge < -0.3 is 16.4 Å². The van der Waals surface area contributed by atoms with E-state index in [1.54, 1.807) is 24.5 Å². The molecule has 3 rings (SSSR count). The Bertz CT molecular complexity index is 1180. The van der Waals surface area contributed by atoms with Crippen molar-refractivity contribution in [2.75, 3.05) is 17.2 Å². The Kier molecular flexibility index (Phi) is 9.35. The molecular formula is C23H28ClN7O3S. The number of carbonyl (C=O) groups is 2. The first kappa shape index (κ1) is 26.3. The molecule has 0 aliphatic carbocycles. The zero-order chi connectivity index (χ0) is 25.4. The van der Waals surface area contributed by atoms with Gasteiger partial charge in [0.05, 0.1) is 10.7 Å². The molecule has 1 aromatic carbocycles. The molecule has 0 fully saturated rings. The molecule has 10 nitrogen and oxygen atoms in total. The molecule has 0 saturated heterocycles. The Hall–Kier alpha value is -3.28. The largest absolute Gasteiger partial charge is 0.370 e. The molecule has 0 spiro atoms. The third kappa shape index (κ3) is 7.35. The number of hydrogen-bond donors (Lipinski definition) is 5. The maximum absolute atomic E-state index is 12.1. The fraction of sp³-hybridized carbons (Fsp3) is 0.348.